The highest BCUT2D eigenvalue weighted by Gasteiger charge is 2.28. The van der Waals surface area contributed by atoms with E-state index in [4.69, 9.17) is 0 Å². The lowest BCUT2D eigenvalue weighted by Gasteiger charge is -2.35. The first-order valence-electron chi connectivity index (χ1n) is 8.38. The number of anilines is 1. The molecule has 1 amide bonds. The predicted molar refractivity (Wildman–Crippen MR) is 109 cm³/mol. The van der Waals surface area contributed by atoms with Crippen LogP contribution in [0.15, 0.2) is 23.5 Å². The molecule has 0 saturated carbocycles. The van der Waals surface area contributed by atoms with Gasteiger partial charge < -0.3 is 15.1 Å². The number of carbonyl (C=O) groups is 1. The molecule has 0 aliphatic carbocycles. The SMILES string of the molecule is CN=C(NCc1c(F)c(F)cc(F)c1F)N1CCN(c2cnn(C)c2)C(=O)C1.I. The van der Waals surface area contributed by atoms with Crippen LogP contribution in [0.25, 0.3) is 0 Å². The van der Waals surface area contributed by atoms with Crippen LogP contribution in [0.3, 0.4) is 0 Å². The van der Waals surface area contributed by atoms with E-state index in [-0.39, 0.29) is 48.5 Å². The number of hydrogen-bond acceptors (Lipinski definition) is 3. The number of carbonyl (C=O) groups excluding carboxylic acids is 1. The lowest BCUT2D eigenvalue weighted by molar-refractivity contribution is -0.120. The molecular weight excluding hydrogens is 507 g/mol. The van der Waals surface area contributed by atoms with Gasteiger partial charge in [-0.15, -0.1) is 24.0 Å². The largest absolute Gasteiger partial charge is 0.352 e. The van der Waals surface area contributed by atoms with Crippen molar-refractivity contribution in [3.8, 4) is 0 Å². The normalized spacial score (nSPS) is 14.8. The minimum absolute atomic E-state index is 0. The van der Waals surface area contributed by atoms with Crippen molar-refractivity contribution in [1.82, 2.24) is 20.0 Å². The summed E-state index contributed by atoms with van der Waals surface area (Å²) >= 11 is 0. The number of nitrogens with zero attached hydrogens (tertiary/aromatic N) is 5. The summed E-state index contributed by atoms with van der Waals surface area (Å²) in [5, 5.41) is 6.68. The zero-order valence-corrected chi connectivity index (χ0v) is 18.0. The maximum atomic E-state index is 13.8. The number of guanidine groups is 1. The van der Waals surface area contributed by atoms with Crippen molar-refractivity contribution in [2.75, 3.05) is 31.6 Å². The van der Waals surface area contributed by atoms with Crippen LogP contribution in [0.5, 0.6) is 0 Å². The van der Waals surface area contributed by atoms with E-state index in [1.807, 2.05) is 0 Å². The van der Waals surface area contributed by atoms with Gasteiger partial charge in [0.1, 0.15) is 6.54 Å². The number of aryl methyl sites for hydroxylation is 1. The van der Waals surface area contributed by atoms with Crippen LogP contribution in [0.4, 0.5) is 23.2 Å². The highest BCUT2D eigenvalue weighted by molar-refractivity contribution is 14.0. The van der Waals surface area contributed by atoms with Crippen LogP contribution in [0.2, 0.25) is 0 Å². The first kappa shape index (κ1) is 22.9. The third-order valence-corrected chi connectivity index (χ3v) is 4.36. The number of rotatable bonds is 3. The number of benzene rings is 1. The number of halogens is 5. The van der Waals surface area contributed by atoms with Gasteiger partial charge in [0.15, 0.2) is 29.2 Å². The molecule has 1 N–H and O–H groups in total. The molecule has 1 fully saturated rings. The Bertz CT molecular complexity index is 909. The fourth-order valence-electron chi connectivity index (χ4n) is 2.95. The standard InChI is InChI=1S/C17H18F4N6O.HI/c1-22-17(23-7-11-15(20)12(18)5-13(19)16(11)21)26-3-4-27(14(28)9-26)10-6-24-25(2)8-10;/h5-6,8H,3-4,7,9H2,1-2H3,(H,22,23);1H. The number of aliphatic imine (C=N–C) groups is 1. The second-order valence-electron chi connectivity index (χ2n) is 6.19. The van der Waals surface area contributed by atoms with Crippen LogP contribution in [0, 0.1) is 23.3 Å². The Morgan fingerprint density at radius 2 is 1.86 bits per heavy atom. The Morgan fingerprint density at radius 3 is 2.38 bits per heavy atom. The molecule has 2 heterocycles. The summed E-state index contributed by atoms with van der Waals surface area (Å²) in [6.45, 7) is 0.179. The highest BCUT2D eigenvalue weighted by atomic mass is 127. The molecular formula is C17H19F4IN6O. The van der Waals surface area contributed by atoms with Crippen LogP contribution in [-0.4, -0.2) is 53.2 Å². The summed E-state index contributed by atoms with van der Waals surface area (Å²) in [7, 11) is 3.17. The maximum Gasteiger partial charge on any atom is 0.246 e. The molecule has 7 nitrogen and oxygen atoms in total. The molecule has 29 heavy (non-hydrogen) atoms. The van der Waals surface area contributed by atoms with Gasteiger partial charge >= 0.3 is 0 Å². The van der Waals surface area contributed by atoms with Crippen molar-refractivity contribution in [2.45, 2.75) is 6.54 Å². The van der Waals surface area contributed by atoms with Gasteiger partial charge in [0.05, 0.1) is 11.9 Å². The average Bonchev–Trinajstić information content (AvgIpc) is 3.09. The van der Waals surface area contributed by atoms with Gasteiger partial charge in [-0.05, 0) is 0 Å². The van der Waals surface area contributed by atoms with Crippen molar-refractivity contribution < 1.29 is 22.4 Å². The lowest BCUT2D eigenvalue weighted by atomic mass is 10.2. The third-order valence-electron chi connectivity index (χ3n) is 4.36. The Labute approximate surface area is 181 Å². The number of nitrogens with one attached hydrogen (secondary N) is 1. The molecule has 1 aliphatic heterocycles. The van der Waals surface area contributed by atoms with Crippen molar-refractivity contribution in [1.29, 1.82) is 0 Å². The molecule has 1 aromatic carbocycles. The monoisotopic (exact) mass is 526 g/mol. The molecule has 0 bridgehead atoms. The number of aromatic nitrogens is 2. The topological polar surface area (TPSA) is 65.8 Å². The van der Waals surface area contributed by atoms with E-state index in [0.717, 1.165) is 0 Å². The van der Waals surface area contributed by atoms with Gasteiger partial charge in [0.25, 0.3) is 0 Å². The highest BCUT2D eigenvalue weighted by Crippen LogP contribution is 2.20. The summed E-state index contributed by atoms with van der Waals surface area (Å²) in [6, 6.07) is 0.152. The molecule has 158 valence electrons. The molecule has 0 atom stereocenters. The van der Waals surface area contributed by atoms with Gasteiger partial charge in [-0.2, -0.15) is 5.10 Å². The Morgan fingerprint density at radius 1 is 1.21 bits per heavy atom. The van der Waals surface area contributed by atoms with Crippen molar-refractivity contribution >= 4 is 41.5 Å². The Balaban J connectivity index is 0.00000300. The molecule has 1 saturated heterocycles. The molecule has 2 aromatic rings. The van der Waals surface area contributed by atoms with E-state index in [0.29, 0.717) is 18.8 Å². The zero-order chi connectivity index (χ0) is 20.4. The minimum Gasteiger partial charge on any atom is -0.352 e. The van der Waals surface area contributed by atoms with Crippen LogP contribution < -0.4 is 10.2 Å². The summed E-state index contributed by atoms with van der Waals surface area (Å²) in [5.41, 5.74) is -0.117. The van der Waals surface area contributed by atoms with Crippen molar-refractivity contribution in [3.63, 3.8) is 0 Å². The fourth-order valence-corrected chi connectivity index (χ4v) is 2.95. The van der Waals surface area contributed by atoms with Crippen molar-refractivity contribution in [2.24, 2.45) is 12.0 Å². The molecule has 1 aromatic heterocycles. The van der Waals surface area contributed by atoms with Crippen molar-refractivity contribution in [3.05, 3.63) is 47.3 Å². The van der Waals surface area contributed by atoms with Gasteiger partial charge in [0.2, 0.25) is 5.91 Å². The molecule has 0 unspecified atom stereocenters. The fraction of sp³-hybridized carbons (Fsp3) is 0.353. The third kappa shape index (κ3) is 4.79. The van der Waals surface area contributed by atoms with E-state index in [1.165, 1.54) is 7.05 Å². The van der Waals surface area contributed by atoms with E-state index in [1.54, 1.807) is 33.9 Å². The molecule has 3 rings (SSSR count). The van der Waals surface area contributed by atoms with Crippen LogP contribution in [0.1, 0.15) is 5.56 Å². The van der Waals surface area contributed by atoms with E-state index in [2.05, 4.69) is 15.4 Å². The van der Waals surface area contributed by atoms with E-state index in [9.17, 15) is 22.4 Å². The molecule has 12 heteroatoms. The van der Waals surface area contributed by atoms with E-state index < -0.39 is 35.4 Å². The Kier molecular flexibility index (Phi) is 7.43. The van der Waals surface area contributed by atoms with Crippen LogP contribution in [-0.2, 0) is 18.4 Å². The Hall–Kier alpha value is -2.38. The summed E-state index contributed by atoms with van der Waals surface area (Å²) in [5.74, 6) is -5.94. The smallest absolute Gasteiger partial charge is 0.246 e. The molecule has 1 aliphatic rings. The predicted octanol–water partition coefficient (Wildman–Crippen LogP) is 2.02. The molecule has 0 spiro atoms. The average molecular weight is 526 g/mol. The second kappa shape index (κ2) is 9.41. The lowest BCUT2D eigenvalue weighted by Crippen LogP contribution is -2.55. The van der Waals surface area contributed by atoms with Gasteiger partial charge in [0, 0.05) is 51.6 Å². The maximum absolute atomic E-state index is 13.8. The first-order valence-corrected chi connectivity index (χ1v) is 8.38. The van der Waals surface area contributed by atoms with Gasteiger partial charge in [-0.25, -0.2) is 17.6 Å². The summed E-state index contributed by atoms with van der Waals surface area (Å²) < 4.78 is 55.8. The van der Waals surface area contributed by atoms with Gasteiger partial charge in [-0.1, -0.05) is 0 Å². The van der Waals surface area contributed by atoms with Crippen LogP contribution >= 0.6 is 24.0 Å². The first-order chi connectivity index (χ1) is 13.3. The minimum atomic E-state index is -1.48. The van der Waals surface area contributed by atoms with E-state index >= 15 is 0 Å². The van der Waals surface area contributed by atoms with Gasteiger partial charge in [-0.3, -0.25) is 14.5 Å². The summed E-state index contributed by atoms with van der Waals surface area (Å²) in [6.07, 6.45) is 3.29. The number of piperazine rings is 1. The second-order valence-corrected chi connectivity index (χ2v) is 6.19. The summed E-state index contributed by atoms with van der Waals surface area (Å²) in [4.78, 5) is 19.6. The number of hydrogen-bond donors (Lipinski definition) is 1. The zero-order valence-electron chi connectivity index (χ0n) is 15.6. The quantitative estimate of drug-likeness (QED) is 0.219. The number of amides is 1. The molecule has 0 radical (unpaired) electrons.